The van der Waals surface area contributed by atoms with E-state index in [0.29, 0.717) is 31.3 Å². The van der Waals surface area contributed by atoms with Gasteiger partial charge in [-0.3, -0.25) is 9.80 Å². The van der Waals surface area contributed by atoms with Crippen LogP contribution in [0.5, 0.6) is 0 Å². The third kappa shape index (κ3) is 5.84. The summed E-state index contributed by atoms with van der Waals surface area (Å²) in [6, 6.07) is 0. The molecule has 0 spiro atoms. The number of rotatable bonds is 7. The first-order chi connectivity index (χ1) is 10.9. The maximum Gasteiger partial charge on any atom is 0.240 e. The molecular formula is C16H30N4O3. The van der Waals surface area contributed by atoms with Crippen LogP contribution in [-0.2, 0) is 17.7 Å². The van der Waals surface area contributed by atoms with E-state index in [2.05, 4.69) is 40.7 Å². The standard InChI is InChI=1S/C16H30N4O3/c1-16(2,3)13(21)11-19-6-8-20(9-7-19)12-15-17-14(18-23-15)5-10-22-4/h13,21H,5-12H2,1-4H3. The Morgan fingerprint density at radius 3 is 2.48 bits per heavy atom. The lowest BCUT2D eigenvalue weighted by Crippen LogP contribution is -2.49. The third-order valence-corrected chi connectivity index (χ3v) is 4.29. The van der Waals surface area contributed by atoms with Crippen molar-refractivity contribution in [3.8, 4) is 0 Å². The molecule has 1 N–H and O–H groups in total. The summed E-state index contributed by atoms with van der Waals surface area (Å²) in [5, 5.41) is 14.2. The van der Waals surface area contributed by atoms with Crippen LogP contribution in [0.15, 0.2) is 4.52 Å². The topological polar surface area (TPSA) is 74.9 Å². The molecule has 1 atom stereocenters. The summed E-state index contributed by atoms with van der Waals surface area (Å²) in [5.41, 5.74) is -0.0699. The van der Waals surface area contributed by atoms with Crippen molar-refractivity contribution in [1.29, 1.82) is 0 Å². The Morgan fingerprint density at radius 1 is 1.22 bits per heavy atom. The van der Waals surface area contributed by atoms with Gasteiger partial charge < -0.3 is 14.4 Å². The number of piperazine rings is 1. The Kier molecular flexibility index (Phi) is 6.52. The number of aromatic nitrogens is 2. The average molecular weight is 326 g/mol. The number of aliphatic hydroxyl groups excluding tert-OH is 1. The van der Waals surface area contributed by atoms with E-state index >= 15 is 0 Å². The number of β-amino-alcohol motifs (C(OH)–C–C–N with tert-alkyl or cyclic N) is 1. The first-order valence-electron chi connectivity index (χ1n) is 8.31. The van der Waals surface area contributed by atoms with E-state index in [-0.39, 0.29) is 11.5 Å². The molecule has 0 radical (unpaired) electrons. The fourth-order valence-electron chi connectivity index (χ4n) is 2.49. The number of aliphatic hydroxyl groups is 1. The summed E-state index contributed by atoms with van der Waals surface area (Å²) in [6.45, 7) is 12.1. The summed E-state index contributed by atoms with van der Waals surface area (Å²) in [7, 11) is 1.66. The van der Waals surface area contributed by atoms with Crippen molar-refractivity contribution in [2.45, 2.75) is 39.8 Å². The molecule has 7 nitrogen and oxygen atoms in total. The van der Waals surface area contributed by atoms with Crippen molar-refractivity contribution < 1.29 is 14.4 Å². The predicted octanol–water partition coefficient (Wildman–Crippen LogP) is 0.783. The Bertz CT molecular complexity index is 464. The van der Waals surface area contributed by atoms with Crippen LogP contribution in [-0.4, -0.2) is 77.6 Å². The van der Waals surface area contributed by atoms with Gasteiger partial charge in [-0.2, -0.15) is 4.98 Å². The summed E-state index contributed by atoms with van der Waals surface area (Å²) in [4.78, 5) is 9.03. The second kappa shape index (κ2) is 8.19. The van der Waals surface area contributed by atoms with Gasteiger partial charge in [0.25, 0.3) is 0 Å². The van der Waals surface area contributed by atoms with Crippen molar-refractivity contribution in [1.82, 2.24) is 19.9 Å². The van der Waals surface area contributed by atoms with Crippen LogP contribution in [0.25, 0.3) is 0 Å². The van der Waals surface area contributed by atoms with Gasteiger partial charge in [0.15, 0.2) is 5.82 Å². The Labute approximate surface area is 138 Å². The SMILES string of the molecule is COCCc1noc(CN2CCN(CC(O)C(C)(C)C)CC2)n1. The van der Waals surface area contributed by atoms with Gasteiger partial charge >= 0.3 is 0 Å². The molecule has 1 unspecified atom stereocenters. The zero-order chi connectivity index (χ0) is 16.9. The molecule has 2 heterocycles. The molecule has 132 valence electrons. The zero-order valence-electron chi connectivity index (χ0n) is 14.8. The van der Waals surface area contributed by atoms with Crippen LogP contribution in [0, 0.1) is 5.41 Å². The first kappa shape index (κ1) is 18.3. The van der Waals surface area contributed by atoms with E-state index in [1.807, 2.05) is 0 Å². The van der Waals surface area contributed by atoms with E-state index in [4.69, 9.17) is 9.26 Å². The van der Waals surface area contributed by atoms with Gasteiger partial charge in [0.05, 0.1) is 19.3 Å². The fraction of sp³-hybridized carbons (Fsp3) is 0.875. The van der Waals surface area contributed by atoms with Gasteiger partial charge in [0.1, 0.15) is 0 Å². The maximum absolute atomic E-state index is 10.2. The molecule has 1 fully saturated rings. The zero-order valence-corrected chi connectivity index (χ0v) is 14.8. The molecule has 0 amide bonds. The molecule has 1 saturated heterocycles. The minimum absolute atomic E-state index is 0.0699. The molecule has 1 aromatic heterocycles. The van der Waals surface area contributed by atoms with Gasteiger partial charge in [0.2, 0.25) is 5.89 Å². The molecule has 0 aromatic carbocycles. The van der Waals surface area contributed by atoms with Crippen molar-refractivity contribution in [2.75, 3.05) is 46.4 Å². The van der Waals surface area contributed by atoms with E-state index in [1.165, 1.54) is 0 Å². The average Bonchev–Trinajstić information content (AvgIpc) is 2.93. The normalized spacial score (nSPS) is 19.2. The Balaban J connectivity index is 1.73. The highest BCUT2D eigenvalue weighted by atomic mass is 16.5. The van der Waals surface area contributed by atoms with Gasteiger partial charge in [-0.25, -0.2) is 0 Å². The van der Waals surface area contributed by atoms with E-state index in [0.717, 1.165) is 32.7 Å². The van der Waals surface area contributed by atoms with Crippen LogP contribution >= 0.6 is 0 Å². The van der Waals surface area contributed by atoms with Crippen LogP contribution in [0.4, 0.5) is 0 Å². The summed E-state index contributed by atoms with van der Waals surface area (Å²) in [6.07, 6.45) is 0.381. The summed E-state index contributed by atoms with van der Waals surface area (Å²) in [5.74, 6) is 1.37. The number of nitrogens with zero attached hydrogens (tertiary/aromatic N) is 4. The molecule has 1 aliphatic rings. The largest absolute Gasteiger partial charge is 0.391 e. The van der Waals surface area contributed by atoms with Crippen molar-refractivity contribution in [3.63, 3.8) is 0 Å². The molecule has 0 saturated carbocycles. The highest BCUT2D eigenvalue weighted by Gasteiger charge is 2.26. The lowest BCUT2D eigenvalue weighted by atomic mass is 9.89. The molecule has 1 aromatic rings. The van der Waals surface area contributed by atoms with Gasteiger partial charge in [-0.05, 0) is 5.41 Å². The second-order valence-electron chi connectivity index (χ2n) is 7.31. The number of ether oxygens (including phenoxy) is 1. The molecular weight excluding hydrogens is 296 g/mol. The van der Waals surface area contributed by atoms with Gasteiger partial charge in [-0.1, -0.05) is 25.9 Å². The third-order valence-electron chi connectivity index (χ3n) is 4.29. The van der Waals surface area contributed by atoms with Crippen LogP contribution in [0.1, 0.15) is 32.5 Å². The molecule has 23 heavy (non-hydrogen) atoms. The second-order valence-corrected chi connectivity index (χ2v) is 7.31. The quantitative estimate of drug-likeness (QED) is 0.793. The minimum atomic E-state index is -0.298. The van der Waals surface area contributed by atoms with Crippen LogP contribution in [0.2, 0.25) is 0 Å². The molecule has 7 heteroatoms. The molecule has 2 rings (SSSR count). The van der Waals surface area contributed by atoms with Crippen molar-refractivity contribution >= 4 is 0 Å². The monoisotopic (exact) mass is 326 g/mol. The first-order valence-corrected chi connectivity index (χ1v) is 8.31. The number of methoxy groups -OCH3 is 1. The smallest absolute Gasteiger partial charge is 0.240 e. The lowest BCUT2D eigenvalue weighted by molar-refractivity contribution is 0.0115. The maximum atomic E-state index is 10.2. The minimum Gasteiger partial charge on any atom is -0.391 e. The highest BCUT2D eigenvalue weighted by molar-refractivity contribution is 4.88. The van der Waals surface area contributed by atoms with E-state index in [9.17, 15) is 5.11 Å². The van der Waals surface area contributed by atoms with E-state index < -0.39 is 0 Å². The summed E-state index contributed by atoms with van der Waals surface area (Å²) >= 11 is 0. The van der Waals surface area contributed by atoms with Gasteiger partial charge in [-0.15, -0.1) is 0 Å². The predicted molar refractivity (Wildman–Crippen MR) is 87.1 cm³/mol. The highest BCUT2D eigenvalue weighted by Crippen LogP contribution is 2.20. The van der Waals surface area contributed by atoms with Crippen molar-refractivity contribution in [3.05, 3.63) is 11.7 Å². The van der Waals surface area contributed by atoms with Crippen molar-refractivity contribution in [2.24, 2.45) is 5.41 Å². The molecule has 0 bridgehead atoms. The lowest BCUT2D eigenvalue weighted by Gasteiger charge is -2.37. The van der Waals surface area contributed by atoms with Gasteiger partial charge in [0, 0.05) is 46.3 Å². The fourth-order valence-corrected chi connectivity index (χ4v) is 2.49. The van der Waals surface area contributed by atoms with E-state index in [1.54, 1.807) is 7.11 Å². The number of hydrogen-bond donors (Lipinski definition) is 1. The Morgan fingerprint density at radius 2 is 1.87 bits per heavy atom. The molecule has 0 aliphatic carbocycles. The number of hydrogen-bond acceptors (Lipinski definition) is 7. The Hall–Kier alpha value is -1.02. The van der Waals surface area contributed by atoms with Crippen LogP contribution in [0.3, 0.4) is 0 Å². The molecule has 1 aliphatic heterocycles. The summed E-state index contributed by atoms with van der Waals surface area (Å²) < 4.78 is 10.3. The van der Waals surface area contributed by atoms with Crippen LogP contribution < -0.4 is 0 Å².